The van der Waals surface area contributed by atoms with Crippen LogP contribution in [0, 0.1) is 0 Å². The SMILES string of the molecule is CC(Nc1nccc2ccccc12)C(N)=O. The quantitative estimate of drug-likeness (QED) is 0.815. The summed E-state index contributed by atoms with van der Waals surface area (Å²) in [6, 6.07) is 9.34. The number of rotatable bonds is 3. The van der Waals surface area contributed by atoms with E-state index in [-0.39, 0.29) is 0 Å². The summed E-state index contributed by atoms with van der Waals surface area (Å²) in [4.78, 5) is 15.2. The molecule has 0 aliphatic carbocycles. The normalized spacial score (nSPS) is 12.3. The Morgan fingerprint density at radius 1 is 1.38 bits per heavy atom. The number of carbonyl (C=O) groups is 1. The van der Waals surface area contributed by atoms with Crippen molar-refractivity contribution in [3.05, 3.63) is 36.5 Å². The molecule has 2 rings (SSSR count). The summed E-state index contributed by atoms with van der Waals surface area (Å²) in [5.41, 5.74) is 5.20. The fraction of sp³-hybridized carbons (Fsp3) is 0.167. The monoisotopic (exact) mass is 215 g/mol. The smallest absolute Gasteiger partial charge is 0.239 e. The largest absolute Gasteiger partial charge is 0.368 e. The van der Waals surface area contributed by atoms with Crippen molar-refractivity contribution in [1.82, 2.24) is 4.98 Å². The average molecular weight is 215 g/mol. The van der Waals surface area contributed by atoms with E-state index < -0.39 is 11.9 Å². The van der Waals surface area contributed by atoms with Crippen LogP contribution in [0.2, 0.25) is 0 Å². The summed E-state index contributed by atoms with van der Waals surface area (Å²) >= 11 is 0. The molecule has 0 fully saturated rings. The first-order valence-corrected chi connectivity index (χ1v) is 5.08. The van der Waals surface area contributed by atoms with Crippen molar-refractivity contribution in [1.29, 1.82) is 0 Å². The molecular weight excluding hydrogens is 202 g/mol. The Balaban J connectivity index is 2.41. The molecule has 3 N–H and O–H groups in total. The second-order valence-electron chi connectivity index (χ2n) is 3.65. The Morgan fingerprint density at radius 3 is 2.88 bits per heavy atom. The number of hydrogen-bond acceptors (Lipinski definition) is 3. The highest BCUT2D eigenvalue weighted by molar-refractivity contribution is 5.93. The second-order valence-corrected chi connectivity index (χ2v) is 3.65. The Morgan fingerprint density at radius 2 is 2.12 bits per heavy atom. The molecule has 0 spiro atoms. The first kappa shape index (κ1) is 10.4. The topological polar surface area (TPSA) is 68.0 Å². The molecule has 1 aromatic carbocycles. The van der Waals surface area contributed by atoms with E-state index in [2.05, 4.69) is 10.3 Å². The Labute approximate surface area is 93.5 Å². The van der Waals surface area contributed by atoms with Gasteiger partial charge in [0.25, 0.3) is 0 Å². The summed E-state index contributed by atoms with van der Waals surface area (Å²) < 4.78 is 0. The number of aromatic nitrogens is 1. The Bertz CT molecular complexity index is 519. The van der Waals surface area contributed by atoms with Crippen LogP contribution in [-0.2, 0) is 4.79 Å². The molecule has 0 radical (unpaired) electrons. The molecule has 82 valence electrons. The first-order valence-electron chi connectivity index (χ1n) is 5.08. The van der Waals surface area contributed by atoms with Crippen molar-refractivity contribution in [2.24, 2.45) is 5.73 Å². The van der Waals surface area contributed by atoms with Gasteiger partial charge in [-0.3, -0.25) is 4.79 Å². The maximum atomic E-state index is 11.0. The molecule has 1 atom stereocenters. The van der Waals surface area contributed by atoms with Gasteiger partial charge in [0.05, 0.1) is 0 Å². The van der Waals surface area contributed by atoms with Gasteiger partial charge in [-0.1, -0.05) is 24.3 Å². The van der Waals surface area contributed by atoms with Gasteiger partial charge in [0.1, 0.15) is 11.9 Å². The van der Waals surface area contributed by atoms with Crippen LogP contribution in [0.15, 0.2) is 36.5 Å². The van der Waals surface area contributed by atoms with E-state index in [0.717, 1.165) is 10.8 Å². The Kier molecular flexibility index (Phi) is 2.72. The van der Waals surface area contributed by atoms with Crippen molar-refractivity contribution < 1.29 is 4.79 Å². The molecule has 1 heterocycles. The van der Waals surface area contributed by atoms with Gasteiger partial charge >= 0.3 is 0 Å². The van der Waals surface area contributed by atoms with Crippen LogP contribution in [0.1, 0.15) is 6.92 Å². The minimum atomic E-state index is -0.432. The molecule has 1 aromatic heterocycles. The third-order valence-corrected chi connectivity index (χ3v) is 2.45. The van der Waals surface area contributed by atoms with Crippen LogP contribution < -0.4 is 11.1 Å². The number of carbonyl (C=O) groups excluding carboxylic acids is 1. The highest BCUT2D eigenvalue weighted by atomic mass is 16.1. The van der Waals surface area contributed by atoms with Crippen LogP contribution in [0.25, 0.3) is 10.8 Å². The van der Waals surface area contributed by atoms with Gasteiger partial charge in [-0.05, 0) is 18.4 Å². The lowest BCUT2D eigenvalue weighted by molar-refractivity contribution is -0.118. The number of fused-ring (bicyclic) bond motifs is 1. The van der Waals surface area contributed by atoms with E-state index >= 15 is 0 Å². The number of amides is 1. The number of nitrogens with two attached hydrogens (primary N) is 1. The van der Waals surface area contributed by atoms with Crippen LogP contribution >= 0.6 is 0 Å². The number of nitrogens with one attached hydrogen (secondary N) is 1. The third kappa shape index (κ3) is 1.95. The van der Waals surface area contributed by atoms with Crippen molar-refractivity contribution in [3.8, 4) is 0 Å². The summed E-state index contributed by atoms with van der Waals surface area (Å²) in [5, 5.41) is 5.06. The van der Waals surface area contributed by atoms with Gasteiger partial charge in [0, 0.05) is 11.6 Å². The van der Waals surface area contributed by atoms with Crippen LogP contribution in [-0.4, -0.2) is 16.9 Å². The predicted molar refractivity (Wildman–Crippen MR) is 64.0 cm³/mol. The number of hydrogen-bond donors (Lipinski definition) is 2. The molecule has 0 aliphatic rings. The predicted octanol–water partition coefficient (Wildman–Crippen LogP) is 1.52. The van der Waals surface area contributed by atoms with E-state index in [9.17, 15) is 4.79 Å². The van der Waals surface area contributed by atoms with E-state index in [4.69, 9.17) is 5.73 Å². The van der Waals surface area contributed by atoms with E-state index in [1.54, 1.807) is 13.1 Å². The van der Waals surface area contributed by atoms with E-state index in [0.29, 0.717) is 5.82 Å². The first-order chi connectivity index (χ1) is 7.68. The van der Waals surface area contributed by atoms with Gasteiger partial charge < -0.3 is 11.1 Å². The number of nitrogens with zero attached hydrogens (tertiary/aromatic N) is 1. The lowest BCUT2D eigenvalue weighted by Gasteiger charge is -2.12. The molecule has 0 aliphatic heterocycles. The number of benzene rings is 1. The highest BCUT2D eigenvalue weighted by Gasteiger charge is 2.10. The van der Waals surface area contributed by atoms with Crippen molar-refractivity contribution in [2.75, 3.05) is 5.32 Å². The molecule has 4 heteroatoms. The zero-order valence-corrected chi connectivity index (χ0v) is 8.97. The zero-order chi connectivity index (χ0) is 11.5. The molecule has 1 unspecified atom stereocenters. The summed E-state index contributed by atoms with van der Waals surface area (Å²) in [7, 11) is 0. The van der Waals surface area contributed by atoms with Crippen LogP contribution in [0.4, 0.5) is 5.82 Å². The fourth-order valence-electron chi connectivity index (χ4n) is 1.51. The summed E-state index contributed by atoms with van der Waals surface area (Å²) in [6.45, 7) is 1.71. The summed E-state index contributed by atoms with van der Waals surface area (Å²) in [6.07, 6.45) is 1.71. The maximum Gasteiger partial charge on any atom is 0.239 e. The van der Waals surface area contributed by atoms with Crippen LogP contribution in [0.5, 0.6) is 0 Å². The van der Waals surface area contributed by atoms with Gasteiger partial charge in [-0.15, -0.1) is 0 Å². The molecule has 2 aromatic rings. The van der Waals surface area contributed by atoms with E-state index in [1.165, 1.54) is 0 Å². The Hall–Kier alpha value is -2.10. The molecular formula is C12H13N3O. The maximum absolute atomic E-state index is 11.0. The van der Waals surface area contributed by atoms with Gasteiger partial charge in [0.15, 0.2) is 0 Å². The fourth-order valence-corrected chi connectivity index (χ4v) is 1.51. The second kappa shape index (κ2) is 4.18. The lowest BCUT2D eigenvalue weighted by atomic mass is 10.1. The number of primary amides is 1. The number of anilines is 1. The average Bonchev–Trinajstić information content (AvgIpc) is 2.29. The molecule has 16 heavy (non-hydrogen) atoms. The van der Waals surface area contributed by atoms with Crippen LogP contribution in [0.3, 0.4) is 0 Å². The minimum Gasteiger partial charge on any atom is -0.368 e. The molecule has 1 amide bonds. The standard InChI is InChI=1S/C12H13N3O/c1-8(11(13)16)15-12-10-5-3-2-4-9(10)6-7-14-12/h2-8H,1H3,(H2,13,16)(H,14,15). The van der Waals surface area contributed by atoms with Crippen molar-refractivity contribution >= 4 is 22.5 Å². The third-order valence-electron chi connectivity index (χ3n) is 2.45. The molecule has 4 nitrogen and oxygen atoms in total. The molecule has 0 saturated carbocycles. The minimum absolute atomic E-state index is 0.394. The van der Waals surface area contributed by atoms with Gasteiger partial charge in [0.2, 0.25) is 5.91 Å². The van der Waals surface area contributed by atoms with Crippen molar-refractivity contribution in [3.63, 3.8) is 0 Å². The lowest BCUT2D eigenvalue weighted by Crippen LogP contribution is -2.32. The van der Waals surface area contributed by atoms with Gasteiger partial charge in [-0.25, -0.2) is 4.98 Å². The summed E-state index contributed by atoms with van der Waals surface area (Å²) in [5.74, 6) is 0.291. The molecule has 0 bridgehead atoms. The van der Waals surface area contributed by atoms with Gasteiger partial charge in [-0.2, -0.15) is 0 Å². The number of pyridine rings is 1. The molecule has 0 saturated heterocycles. The highest BCUT2D eigenvalue weighted by Crippen LogP contribution is 2.20. The zero-order valence-electron chi connectivity index (χ0n) is 8.97. The van der Waals surface area contributed by atoms with E-state index in [1.807, 2.05) is 30.3 Å². The van der Waals surface area contributed by atoms with Crippen molar-refractivity contribution in [2.45, 2.75) is 13.0 Å².